The van der Waals surface area contributed by atoms with E-state index in [1.807, 2.05) is 54.6 Å². The zero-order valence-corrected chi connectivity index (χ0v) is 9.58. The maximum absolute atomic E-state index is 9.75. The summed E-state index contributed by atoms with van der Waals surface area (Å²) in [5, 5.41) is 20.4. The molecule has 0 amide bonds. The molecule has 1 aliphatic heterocycles. The van der Waals surface area contributed by atoms with Crippen molar-refractivity contribution in [3.05, 3.63) is 59.0 Å². The summed E-state index contributed by atoms with van der Waals surface area (Å²) in [4.78, 5) is 0. The van der Waals surface area contributed by atoms with Crippen molar-refractivity contribution in [1.29, 1.82) is 5.26 Å². The number of allylic oxidation sites excluding steroid dienone is 2. The molecule has 0 aromatic heterocycles. The van der Waals surface area contributed by atoms with Gasteiger partial charge in [-0.2, -0.15) is 5.26 Å². The predicted octanol–water partition coefficient (Wildman–Crippen LogP) is 0.355. The molecular formula is C15H11NO2. The average Bonchev–Trinajstić information content (AvgIpc) is 2.45. The summed E-state index contributed by atoms with van der Waals surface area (Å²) in [6.45, 7) is 0. The molecule has 3 nitrogen and oxygen atoms in total. The van der Waals surface area contributed by atoms with Gasteiger partial charge in [-0.3, -0.25) is 0 Å². The number of nitriles is 1. The Balaban J connectivity index is 2.38. The van der Waals surface area contributed by atoms with Gasteiger partial charge < -0.3 is 9.84 Å². The van der Waals surface area contributed by atoms with Gasteiger partial charge in [0.05, 0.1) is 0 Å². The van der Waals surface area contributed by atoms with Gasteiger partial charge in [0.1, 0.15) is 17.9 Å². The molecule has 1 aromatic rings. The van der Waals surface area contributed by atoms with E-state index >= 15 is 0 Å². The Morgan fingerprint density at radius 1 is 1.22 bits per heavy atom. The third-order valence-electron chi connectivity index (χ3n) is 3.11. The molecule has 2 atom stereocenters. The first kappa shape index (κ1) is 10.8. The molecule has 3 heteroatoms. The largest absolute Gasteiger partial charge is 0.481 e. The molecule has 2 unspecified atom stereocenters. The highest BCUT2D eigenvalue weighted by Gasteiger charge is 2.24. The monoisotopic (exact) mass is 237 g/mol. The van der Waals surface area contributed by atoms with Crippen LogP contribution in [0.3, 0.4) is 0 Å². The Bertz CT molecular complexity index is 707. The first-order valence-corrected chi connectivity index (χ1v) is 5.74. The summed E-state index contributed by atoms with van der Waals surface area (Å²) in [5.74, 6) is 0.335. The first-order valence-electron chi connectivity index (χ1n) is 5.74. The van der Waals surface area contributed by atoms with Crippen LogP contribution in [0.25, 0.3) is 11.3 Å². The lowest BCUT2D eigenvalue weighted by molar-refractivity contribution is 0.176. The van der Waals surface area contributed by atoms with Crippen molar-refractivity contribution < 1.29 is 9.84 Å². The van der Waals surface area contributed by atoms with Crippen molar-refractivity contribution in [3.63, 3.8) is 0 Å². The molecule has 2 aliphatic rings. The van der Waals surface area contributed by atoms with E-state index in [-0.39, 0.29) is 6.10 Å². The van der Waals surface area contributed by atoms with Crippen molar-refractivity contribution >= 4 is 11.3 Å². The molecule has 88 valence electrons. The second-order valence-corrected chi connectivity index (χ2v) is 4.18. The van der Waals surface area contributed by atoms with Crippen molar-refractivity contribution in [2.45, 2.75) is 12.2 Å². The van der Waals surface area contributed by atoms with Gasteiger partial charge in [0.25, 0.3) is 0 Å². The predicted molar refractivity (Wildman–Crippen MR) is 67.3 cm³/mol. The Morgan fingerprint density at radius 2 is 2.00 bits per heavy atom. The normalized spacial score (nSPS) is 21.7. The standard InChI is InChI=1S/C15H11NO2/c16-9-13(17)15-12-7-2-1-5-10(12)11-6-3-4-8-14(11)18-15/h1-8,13-14,17H. The van der Waals surface area contributed by atoms with Crippen LogP contribution in [0.4, 0.5) is 0 Å². The van der Waals surface area contributed by atoms with Gasteiger partial charge in [-0.1, -0.05) is 42.5 Å². The summed E-state index contributed by atoms with van der Waals surface area (Å²) in [6.07, 6.45) is 6.32. The summed E-state index contributed by atoms with van der Waals surface area (Å²) >= 11 is 0. The molecule has 18 heavy (non-hydrogen) atoms. The Morgan fingerprint density at radius 3 is 2.78 bits per heavy atom. The van der Waals surface area contributed by atoms with Gasteiger partial charge in [-0.25, -0.2) is 0 Å². The van der Waals surface area contributed by atoms with E-state index in [1.165, 1.54) is 0 Å². The Labute approximate surface area is 104 Å². The van der Waals surface area contributed by atoms with Crippen molar-refractivity contribution in [2.75, 3.05) is 0 Å². The minimum Gasteiger partial charge on any atom is -0.481 e. The van der Waals surface area contributed by atoms with Crippen molar-refractivity contribution in [3.8, 4) is 6.07 Å². The fraction of sp³-hybridized carbons (Fsp3) is 0.133. The third-order valence-corrected chi connectivity index (χ3v) is 3.11. The maximum Gasteiger partial charge on any atom is 0.198 e. The highest BCUT2D eigenvalue weighted by Crippen LogP contribution is 2.21. The van der Waals surface area contributed by atoms with Crippen LogP contribution in [0.1, 0.15) is 0 Å². The molecule has 3 rings (SSSR count). The van der Waals surface area contributed by atoms with Crippen LogP contribution in [-0.2, 0) is 4.74 Å². The zero-order valence-electron chi connectivity index (χ0n) is 9.58. The minimum atomic E-state index is -1.23. The van der Waals surface area contributed by atoms with Crippen LogP contribution >= 0.6 is 0 Å². The van der Waals surface area contributed by atoms with Crippen LogP contribution in [0.2, 0.25) is 0 Å². The fourth-order valence-corrected chi connectivity index (χ4v) is 2.29. The summed E-state index contributed by atoms with van der Waals surface area (Å²) in [6, 6.07) is 9.47. The number of rotatable bonds is 1. The van der Waals surface area contributed by atoms with E-state index in [4.69, 9.17) is 10.00 Å². The van der Waals surface area contributed by atoms with Gasteiger partial charge in [-0.15, -0.1) is 0 Å². The highest BCUT2D eigenvalue weighted by atomic mass is 16.5. The SMILES string of the molecule is N#CC(O)C1=c2ccccc2=C2C=CC=CC2O1. The van der Waals surface area contributed by atoms with Gasteiger partial charge in [-0.05, 0) is 11.3 Å². The lowest BCUT2D eigenvalue weighted by Crippen LogP contribution is -2.40. The quantitative estimate of drug-likeness (QED) is 0.717. The maximum atomic E-state index is 9.75. The van der Waals surface area contributed by atoms with E-state index in [9.17, 15) is 5.11 Å². The van der Waals surface area contributed by atoms with E-state index in [1.54, 1.807) is 0 Å². The number of aliphatic hydroxyl groups excluding tert-OH is 1. The Hall–Kier alpha value is -2.31. The first-order chi connectivity index (χ1) is 8.81. The lowest BCUT2D eigenvalue weighted by atomic mass is 9.97. The van der Waals surface area contributed by atoms with Gasteiger partial charge in [0, 0.05) is 10.8 Å². The zero-order chi connectivity index (χ0) is 12.5. The number of ether oxygens (including phenoxy) is 1. The molecule has 1 aromatic carbocycles. The van der Waals surface area contributed by atoms with Crippen LogP contribution in [-0.4, -0.2) is 17.3 Å². The summed E-state index contributed by atoms with van der Waals surface area (Å²) in [5.41, 5.74) is 1.06. The van der Waals surface area contributed by atoms with Gasteiger partial charge in [0.2, 0.25) is 0 Å². The highest BCUT2D eigenvalue weighted by molar-refractivity contribution is 5.69. The van der Waals surface area contributed by atoms with Gasteiger partial charge >= 0.3 is 0 Å². The molecule has 0 bridgehead atoms. The van der Waals surface area contributed by atoms with E-state index in [0.717, 1.165) is 16.0 Å². The van der Waals surface area contributed by atoms with Crippen LogP contribution < -0.4 is 10.4 Å². The molecular weight excluding hydrogens is 226 g/mol. The summed E-state index contributed by atoms with van der Waals surface area (Å²) in [7, 11) is 0. The smallest absolute Gasteiger partial charge is 0.198 e. The minimum absolute atomic E-state index is 0.220. The molecule has 1 N–H and O–H groups in total. The third kappa shape index (κ3) is 1.55. The Kier molecular flexibility index (Phi) is 2.51. The van der Waals surface area contributed by atoms with E-state index in [0.29, 0.717) is 5.76 Å². The fourth-order valence-electron chi connectivity index (χ4n) is 2.29. The lowest BCUT2D eigenvalue weighted by Gasteiger charge is -2.25. The second-order valence-electron chi connectivity index (χ2n) is 4.18. The topological polar surface area (TPSA) is 53.2 Å². The van der Waals surface area contributed by atoms with Crippen LogP contribution in [0.15, 0.2) is 48.6 Å². The number of benzene rings is 1. The molecule has 0 saturated carbocycles. The van der Waals surface area contributed by atoms with Crippen LogP contribution in [0, 0.1) is 11.3 Å². The van der Waals surface area contributed by atoms with E-state index < -0.39 is 6.10 Å². The summed E-state index contributed by atoms with van der Waals surface area (Å²) < 4.78 is 5.74. The molecule has 0 fully saturated rings. The number of fused-ring (bicyclic) bond motifs is 2. The van der Waals surface area contributed by atoms with E-state index in [2.05, 4.69) is 0 Å². The molecule has 0 spiro atoms. The molecule has 1 aliphatic carbocycles. The number of nitrogens with zero attached hydrogens (tertiary/aromatic N) is 1. The van der Waals surface area contributed by atoms with Crippen molar-refractivity contribution in [1.82, 2.24) is 0 Å². The molecule has 0 radical (unpaired) electrons. The number of hydrogen-bond acceptors (Lipinski definition) is 3. The molecule has 0 saturated heterocycles. The average molecular weight is 237 g/mol. The number of hydrogen-bond donors (Lipinski definition) is 1. The number of aliphatic hydroxyl groups is 1. The molecule has 1 heterocycles. The van der Waals surface area contributed by atoms with Crippen LogP contribution in [0.5, 0.6) is 0 Å². The van der Waals surface area contributed by atoms with Gasteiger partial charge in [0.15, 0.2) is 6.10 Å². The van der Waals surface area contributed by atoms with Crippen molar-refractivity contribution in [2.24, 2.45) is 0 Å². The second kappa shape index (κ2) is 4.17.